The van der Waals surface area contributed by atoms with Crippen molar-refractivity contribution in [3.8, 4) is 5.82 Å². The lowest BCUT2D eigenvalue weighted by atomic mass is 10.0. The van der Waals surface area contributed by atoms with E-state index in [0.717, 1.165) is 18.0 Å². The van der Waals surface area contributed by atoms with Crippen LogP contribution in [0.15, 0.2) is 24.5 Å². The highest BCUT2D eigenvalue weighted by Gasteiger charge is 2.39. The highest BCUT2D eigenvalue weighted by atomic mass is 19.4. The van der Waals surface area contributed by atoms with E-state index in [1.807, 2.05) is 6.92 Å². The molecular weight excluding hydrogens is 406 g/mol. The zero-order chi connectivity index (χ0) is 21.6. The van der Waals surface area contributed by atoms with Crippen LogP contribution in [0.25, 0.3) is 5.82 Å². The van der Waals surface area contributed by atoms with E-state index in [1.165, 1.54) is 4.90 Å². The highest BCUT2D eigenvalue weighted by molar-refractivity contribution is 5.95. The topological polar surface area (TPSA) is 81.7 Å². The Kier molecular flexibility index (Phi) is 4.79. The van der Waals surface area contributed by atoms with Gasteiger partial charge in [-0.2, -0.15) is 23.0 Å². The average Bonchev–Trinajstić information content (AvgIpc) is 3.32. The molecule has 0 spiro atoms. The standard InChI is InChI=1S/C18H17F4N7O/c1-3-27-7-5-14(25-27)29-13-8-10(2)28(9-12(13)24-26-29)17(30)11-4-6-23-16(15(11)19)18(20,21)22/h4-7,10H,3,8-9H2,1-2H3. The Morgan fingerprint density at radius 1 is 1.30 bits per heavy atom. The second-order valence-corrected chi connectivity index (χ2v) is 6.93. The molecule has 3 aromatic heterocycles. The maximum absolute atomic E-state index is 14.4. The van der Waals surface area contributed by atoms with Crippen molar-refractivity contribution in [2.24, 2.45) is 0 Å². The van der Waals surface area contributed by atoms with Gasteiger partial charge in [-0.15, -0.1) is 5.10 Å². The van der Waals surface area contributed by atoms with Crippen LogP contribution in [0.1, 0.15) is 41.3 Å². The zero-order valence-electron chi connectivity index (χ0n) is 16.1. The van der Waals surface area contributed by atoms with Gasteiger partial charge in [-0.1, -0.05) is 5.21 Å². The summed E-state index contributed by atoms with van der Waals surface area (Å²) in [5.41, 5.74) is -1.16. The van der Waals surface area contributed by atoms with Gasteiger partial charge in [0, 0.05) is 37.5 Å². The van der Waals surface area contributed by atoms with Crippen LogP contribution in [0.3, 0.4) is 0 Å². The van der Waals surface area contributed by atoms with Crippen LogP contribution in [0.5, 0.6) is 0 Å². The molecule has 12 heteroatoms. The molecule has 4 rings (SSSR count). The quantitative estimate of drug-likeness (QED) is 0.605. The van der Waals surface area contributed by atoms with E-state index < -0.39 is 35.2 Å². The van der Waals surface area contributed by atoms with Crippen LogP contribution in [0.2, 0.25) is 0 Å². The monoisotopic (exact) mass is 423 g/mol. The smallest absolute Gasteiger partial charge is 0.329 e. The number of rotatable bonds is 3. The maximum Gasteiger partial charge on any atom is 0.436 e. The molecule has 0 N–H and O–H groups in total. The molecule has 0 bridgehead atoms. The van der Waals surface area contributed by atoms with Crippen LogP contribution in [-0.4, -0.2) is 46.6 Å². The first-order chi connectivity index (χ1) is 14.2. The first kappa shape index (κ1) is 20.0. The van der Waals surface area contributed by atoms with Crippen molar-refractivity contribution in [1.29, 1.82) is 0 Å². The molecule has 1 aliphatic rings. The van der Waals surface area contributed by atoms with E-state index in [0.29, 0.717) is 24.5 Å². The largest absolute Gasteiger partial charge is 0.436 e. The number of aromatic nitrogens is 6. The Hall–Kier alpha value is -3.31. The number of fused-ring (bicyclic) bond motifs is 1. The van der Waals surface area contributed by atoms with Gasteiger partial charge >= 0.3 is 6.18 Å². The number of amides is 1. The molecule has 0 saturated heterocycles. The van der Waals surface area contributed by atoms with Gasteiger partial charge in [0.25, 0.3) is 5.91 Å². The normalized spacial score (nSPS) is 16.6. The van der Waals surface area contributed by atoms with Crippen molar-refractivity contribution in [3.63, 3.8) is 0 Å². The number of pyridine rings is 1. The summed E-state index contributed by atoms with van der Waals surface area (Å²) in [4.78, 5) is 17.2. The van der Waals surface area contributed by atoms with Gasteiger partial charge in [-0.3, -0.25) is 9.48 Å². The number of aryl methyl sites for hydroxylation is 1. The van der Waals surface area contributed by atoms with Gasteiger partial charge in [0.05, 0.1) is 17.8 Å². The summed E-state index contributed by atoms with van der Waals surface area (Å²) in [7, 11) is 0. The Morgan fingerprint density at radius 2 is 2.07 bits per heavy atom. The fourth-order valence-electron chi connectivity index (χ4n) is 3.42. The average molecular weight is 423 g/mol. The molecule has 3 aromatic rings. The third-order valence-corrected chi connectivity index (χ3v) is 5.00. The van der Waals surface area contributed by atoms with Gasteiger partial charge in [0.15, 0.2) is 17.3 Å². The predicted molar refractivity (Wildman–Crippen MR) is 95.1 cm³/mol. The van der Waals surface area contributed by atoms with Gasteiger partial charge in [-0.05, 0) is 19.9 Å². The van der Waals surface area contributed by atoms with Gasteiger partial charge < -0.3 is 4.90 Å². The molecule has 1 atom stereocenters. The molecule has 1 unspecified atom stereocenters. The summed E-state index contributed by atoms with van der Waals surface area (Å²) in [6.45, 7) is 4.36. The summed E-state index contributed by atoms with van der Waals surface area (Å²) >= 11 is 0. The summed E-state index contributed by atoms with van der Waals surface area (Å²) < 4.78 is 56.5. The van der Waals surface area contributed by atoms with E-state index in [9.17, 15) is 22.4 Å². The minimum Gasteiger partial charge on any atom is -0.329 e. The van der Waals surface area contributed by atoms with Crippen LogP contribution < -0.4 is 0 Å². The number of hydrogen-bond acceptors (Lipinski definition) is 5. The van der Waals surface area contributed by atoms with E-state index in [-0.39, 0.29) is 6.54 Å². The van der Waals surface area contributed by atoms with Crippen molar-refractivity contribution in [2.75, 3.05) is 0 Å². The molecule has 8 nitrogen and oxygen atoms in total. The van der Waals surface area contributed by atoms with E-state index >= 15 is 0 Å². The number of halogens is 4. The Labute approximate surface area is 168 Å². The minimum atomic E-state index is -4.99. The predicted octanol–water partition coefficient (Wildman–Crippen LogP) is 2.62. The number of carbonyl (C=O) groups excluding carboxylic acids is 1. The fraction of sp³-hybridized carbons (Fsp3) is 0.389. The molecule has 0 saturated carbocycles. The fourth-order valence-corrected chi connectivity index (χ4v) is 3.42. The lowest BCUT2D eigenvalue weighted by molar-refractivity contribution is -0.143. The van der Waals surface area contributed by atoms with Gasteiger partial charge in [-0.25, -0.2) is 9.37 Å². The highest BCUT2D eigenvalue weighted by Crippen LogP contribution is 2.32. The molecule has 0 radical (unpaired) electrons. The van der Waals surface area contributed by atoms with E-state index in [1.54, 1.807) is 28.6 Å². The zero-order valence-corrected chi connectivity index (χ0v) is 16.1. The van der Waals surface area contributed by atoms with Crippen LogP contribution in [-0.2, 0) is 25.7 Å². The van der Waals surface area contributed by atoms with Crippen molar-refractivity contribution < 1.29 is 22.4 Å². The van der Waals surface area contributed by atoms with E-state index in [4.69, 9.17) is 0 Å². The summed E-state index contributed by atoms with van der Waals surface area (Å²) in [5.74, 6) is -1.96. The minimum absolute atomic E-state index is 0.00701. The molecular formula is C18H17F4N7O. The van der Waals surface area contributed by atoms with Crippen molar-refractivity contribution >= 4 is 5.91 Å². The summed E-state index contributed by atoms with van der Waals surface area (Å²) in [6, 6.07) is 2.31. The molecule has 1 aliphatic heterocycles. The SMILES string of the molecule is CCn1ccc(-n2nnc3c2CC(C)N(C(=O)c2ccnc(C(F)(F)F)c2F)C3)n1. The molecule has 4 heterocycles. The lowest BCUT2D eigenvalue weighted by Gasteiger charge is -2.33. The number of alkyl halides is 3. The molecule has 0 fully saturated rings. The van der Waals surface area contributed by atoms with Crippen LogP contribution >= 0.6 is 0 Å². The molecule has 0 aromatic carbocycles. The number of carbonyl (C=O) groups is 1. The lowest BCUT2D eigenvalue weighted by Crippen LogP contribution is -2.43. The number of nitrogens with zero attached hydrogens (tertiary/aromatic N) is 7. The maximum atomic E-state index is 14.4. The second kappa shape index (κ2) is 7.18. The first-order valence-corrected chi connectivity index (χ1v) is 9.20. The van der Waals surface area contributed by atoms with Gasteiger partial charge in [0.2, 0.25) is 0 Å². The molecule has 158 valence electrons. The molecule has 0 aliphatic carbocycles. The van der Waals surface area contributed by atoms with Gasteiger partial charge in [0.1, 0.15) is 5.69 Å². The molecule has 1 amide bonds. The van der Waals surface area contributed by atoms with Crippen LogP contribution in [0.4, 0.5) is 17.6 Å². The Balaban J connectivity index is 1.64. The summed E-state index contributed by atoms with van der Waals surface area (Å²) in [5, 5.41) is 12.6. The van der Waals surface area contributed by atoms with Crippen molar-refractivity contribution in [3.05, 3.63) is 53.0 Å². The number of hydrogen-bond donors (Lipinski definition) is 0. The summed E-state index contributed by atoms with van der Waals surface area (Å²) in [6.07, 6.45) is -2.08. The molecule has 30 heavy (non-hydrogen) atoms. The third kappa shape index (κ3) is 3.31. The Bertz CT molecular complexity index is 1100. The van der Waals surface area contributed by atoms with Crippen molar-refractivity contribution in [1.82, 2.24) is 34.7 Å². The first-order valence-electron chi connectivity index (χ1n) is 9.20. The van der Waals surface area contributed by atoms with Crippen LogP contribution in [0, 0.1) is 5.82 Å². The van der Waals surface area contributed by atoms with Crippen molar-refractivity contribution in [2.45, 2.75) is 45.6 Å². The Morgan fingerprint density at radius 3 is 2.73 bits per heavy atom. The third-order valence-electron chi connectivity index (χ3n) is 5.00. The second-order valence-electron chi connectivity index (χ2n) is 6.93. The van der Waals surface area contributed by atoms with E-state index in [2.05, 4.69) is 20.4 Å².